The van der Waals surface area contributed by atoms with Crippen molar-refractivity contribution in [3.05, 3.63) is 22.7 Å². The van der Waals surface area contributed by atoms with Gasteiger partial charge in [-0.1, -0.05) is 31.4 Å². The van der Waals surface area contributed by atoms with E-state index in [4.69, 9.17) is 21.1 Å². The molecule has 0 amide bonds. The summed E-state index contributed by atoms with van der Waals surface area (Å²) in [6, 6.07) is 3.70. The molecule has 0 heterocycles. The molecule has 102 valence electrons. The van der Waals surface area contributed by atoms with Crippen molar-refractivity contribution in [3.8, 4) is 11.5 Å². The summed E-state index contributed by atoms with van der Waals surface area (Å²) >= 11 is 6.06. The molecule has 1 aromatic rings. The Balaban J connectivity index is 2.83. The van der Waals surface area contributed by atoms with E-state index in [2.05, 4.69) is 12.2 Å². The smallest absolute Gasteiger partial charge is 0.165 e. The van der Waals surface area contributed by atoms with Gasteiger partial charge in [0.15, 0.2) is 11.5 Å². The van der Waals surface area contributed by atoms with Crippen molar-refractivity contribution in [1.29, 1.82) is 0 Å². The summed E-state index contributed by atoms with van der Waals surface area (Å²) in [6.07, 6.45) is 3.42. The molecule has 0 aliphatic heterocycles. The zero-order valence-electron chi connectivity index (χ0n) is 11.4. The van der Waals surface area contributed by atoms with E-state index in [0.717, 1.165) is 17.7 Å². The summed E-state index contributed by atoms with van der Waals surface area (Å²) in [5.74, 6) is 1.50. The monoisotopic (exact) mass is 271 g/mol. The molecule has 0 aliphatic rings. The highest BCUT2D eigenvalue weighted by Crippen LogP contribution is 2.34. The summed E-state index contributed by atoms with van der Waals surface area (Å²) in [7, 11) is 3.53. The van der Waals surface area contributed by atoms with Crippen LogP contribution in [0, 0.1) is 0 Å². The van der Waals surface area contributed by atoms with E-state index in [0.29, 0.717) is 23.9 Å². The quantitative estimate of drug-likeness (QED) is 0.733. The van der Waals surface area contributed by atoms with Gasteiger partial charge in [-0.05, 0) is 19.5 Å². The normalized spacial score (nSPS) is 10.4. The standard InChI is InChI=1S/C14H22ClNO2/c1-4-5-6-7-18-14-11(10-16-2)8-12(15)9-13(14)17-3/h8-9,16H,4-7,10H2,1-3H3. The molecule has 0 saturated heterocycles. The van der Waals surface area contributed by atoms with Gasteiger partial charge in [-0.2, -0.15) is 0 Å². The van der Waals surface area contributed by atoms with Gasteiger partial charge in [0.1, 0.15) is 0 Å². The number of halogens is 1. The molecular weight excluding hydrogens is 250 g/mol. The molecule has 4 heteroatoms. The number of methoxy groups -OCH3 is 1. The highest BCUT2D eigenvalue weighted by Gasteiger charge is 2.12. The summed E-state index contributed by atoms with van der Waals surface area (Å²) in [5, 5.41) is 3.78. The second-order valence-corrected chi connectivity index (χ2v) is 4.62. The first-order valence-electron chi connectivity index (χ1n) is 6.36. The van der Waals surface area contributed by atoms with Crippen molar-refractivity contribution in [2.24, 2.45) is 0 Å². The van der Waals surface area contributed by atoms with Crippen LogP contribution in [0.3, 0.4) is 0 Å². The van der Waals surface area contributed by atoms with Crippen molar-refractivity contribution in [2.45, 2.75) is 32.7 Å². The summed E-state index contributed by atoms with van der Waals surface area (Å²) in [5.41, 5.74) is 1.03. The van der Waals surface area contributed by atoms with Crippen LogP contribution in [0.2, 0.25) is 5.02 Å². The van der Waals surface area contributed by atoms with Crippen LogP contribution >= 0.6 is 11.6 Å². The SMILES string of the molecule is CCCCCOc1c(CNC)cc(Cl)cc1OC. The number of hydrogen-bond donors (Lipinski definition) is 1. The van der Waals surface area contributed by atoms with Gasteiger partial charge in [0.2, 0.25) is 0 Å². The lowest BCUT2D eigenvalue weighted by Crippen LogP contribution is -2.09. The van der Waals surface area contributed by atoms with Gasteiger partial charge >= 0.3 is 0 Å². The molecule has 0 fully saturated rings. The molecule has 1 rings (SSSR count). The van der Waals surface area contributed by atoms with Crippen molar-refractivity contribution in [2.75, 3.05) is 20.8 Å². The Hall–Kier alpha value is -0.930. The predicted molar refractivity (Wildman–Crippen MR) is 75.8 cm³/mol. The maximum absolute atomic E-state index is 6.06. The molecule has 0 saturated carbocycles. The van der Waals surface area contributed by atoms with E-state index >= 15 is 0 Å². The fraction of sp³-hybridized carbons (Fsp3) is 0.571. The van der Waals surface area contributed by atoms with Crippen molar-refractivity contribution in [3.63, 3.8) is 0 Å². The lowest BCUT2D eigenvalue weighted by Gasteiger charge is -2.15. The Morgan fingerprint density at radius 3 is 2.67 bits per heavy atom. The fourth-order valence-electron chi connectivity index (χ4n) is 1.79. The Bertz CT molecular complexity index is 369. The third-order valence-electron chi connectivity index (χ3n) is 2.68. The van der Waals surface area contributed by atoms with E-state index in [1.54, 1.807) is 13.2 Å². The number of ether oxygens (including phenoxy) is 2. The summed E-state index contributed by atoms with van der Waals surface area (Å²) < 4.78 is 11.2. The van der Waals surface area contributed by atoms with Gasteiger partial charge in [-0.3, -0.25) is 0 Å². The first-order valence-corrected chi connectivity index (χ1v) is 6.74. The lowest BCUT2D eigenvalue weighted by molar-refractivity contribution is 0.282. The van der Waals surface area contributed by atoms with E-state index in [-0.39, 0.29) is 0 Å². The predicted octanol–water partition coefficient (Wildman–Crippen LogP) is 3.64. The number of benzene rings is 1. The number of nitrogens with one attached hydrogen (secondary N) is 1. The van der Waals surface area contributed by atoms with Crippen LogP contribution in [0.25, 0.3) is 0 Å². The zero-order chi connectivity index (χ0) is 13.4. The highest BCUT2D eigenvalue weighted by molar-refractivity contribution is 6.30. The van der Waals surface area contributed by atoms with Crippen LogP contribution < -0.4 is 14.8 Å². The van der Waals surface area contributed by atoms with Crippen LogP contribution in [0.4, 0.5) is 0 Å². The van der Waals surface area contributed by atoms with Crippen molar-refractivity contribution in [1.82, 2.24) is 5.32 Å². The number of rotatable bonds is 8. The van der Waals surface area contributed by atoms with Crippen LogP contribution in [0.15, 0.2) is 12.1 Å². The first-order chi connectivity index (χ1) is 8.72. The molecule has 1 aromatic carbocycles. The van der Waals surface area contributed by atoms with E-state index in [1.807, 2.05) is 13.1 Å². The minimum atomic E-state index is 0.665. The summed E-state index contributed by atoms with van der Waals surface area (Å²) in [6.45, 7) is 3.60. The molecule has 0 unspecified atom stereocenters. The second kappa shape index (κ2) is 8.22. The van der Waals surface area contributed by atoms with Gasteiger partial charge in [0.25, 0.3) is 0 Å². The maximum Gasteiger partial charge on any atom is 0.165 e. The molecule has 0 atom stereocenters. The Kier molecular flexibility index (Phi) is 6.91. The van der Waals surface area contributed by atoms with Crippen LogP contribution in [-0.4, -0.2) is 20.8 Å². The molecular formula is C14H22ClNO2. The molecule has 18 heavy (non-hydrogen) atoms. The number of unbranched alkanes of at least 4 members (excludes halogenated alkanes) is 2. The number of hydrogen-bond acceptors (Lipinski definition) is 3. The lowest BCUT2D eigenvalue weighted by atomic mass is 10.2. The van der Waals surface area contributed by atoms with E-state index in [9.17, 15) is 0 Å². The summed E-state index contributed by atoms with van der Waals surface area (Å²) in [4.78, 5) is 0. The zero-order valence-corrected chi connectivity index (χ0v) is 12.1. The van der Waals surface area contributed by atoms with Crippen LogP contribution in [0.5, 0.6) is 11.5 Å². The molecule has 3 nitrogen and oxygen atoms in total. The fourth-order valence-corrected chi connectivity index (χ4v) is 2.02. The molecule has 0 bridgehead atoms. The molecule has 0 spiro atoms. The minimum Gasteiger partial charge on any atom is -0.493 e. The van der Waals surface area contributed by atoms with Gasteiger partial charge < -0.3 is 14.8 Å². The van der Waals surface area contributed by atoms with Crippen LogP contribution in [0.1, 0.15) is 31.7 Å². The minimum absolute atomic E-state index is 0.665. The van der Waals surface area contributed by atoms with Crippen molar-refractivity contribution >= 4 is 11.6 Å². The molecule has 0 aliphatic carbocycles. The third-order valence-corrected chi connectivity index (χ3v) is 2.90. The average molecular weight is 272 g/mol. The van der Waals surface area contributed by atoms with Crippen molar-refractivity contribution < 1.29 is 9.47 Å². The Morgan fingerprint density at radius 1 is 1.28 bits per heavy atom. The molecule has 0 radical (unpaired) electrons. The maximum atomic E-state index is 6.06. The van der Waals surface area contributed by atoms with Gasteiger partial charge in [0.05, 0.1) is 13.7 Å². The van der Waals surface area contributed by atoms with E-state index in [1.165, 1.54) is 12.8 Å². The molecule has 1 N–H and O–H groups in total. The Morgan fingerprint density at radius 2 is 2.06 bits per heavy atom. The van der Waals surface area contributed by atoms with E-state index < -0.39 is 0 Å². The average Bonchev–Trinajstić information content (AvgIpc) is 2.36. The van der Waals surface area contributed by atoms with Crippen LogP contribution in [-0.2, 0) is 6.54 Å². The Labute approximate surface area is 114 Å². The molecule has 0 aromatic heterocycles. The van der Waals surface area contributed by atoms with Gasteiger partial charge in [-0.25, -0.2) is 0 Å². The largest absolute Gasteiger partial charge is 0.493 e. The highest BCUT2D eigenvalue weighted by atomic mass is 35.5. The third kappa shape index (κ3) is 4.39. The second-order valence-electron chi connectivity index (χ2n) is 4.18. The van der Waals surface area contributed by atoms with Gasteiger partial charge in [-0.15, -0.1) is 0 Å². The van der Waals surface area contributed by atoms with Gasteiger partial charge in [0, 0.05) is 23.2 Å². The topological polar surface area (TPSA) is 30.5 Å². The first kappa shape index (κ1) is 15.1.